The van der Waals surface area contributed by atoms with E-state index in [0.29, 0.717) is 21.7 Å². The van der Waals surface area contributed by atoms with Crippen LogP contribution in [0.5, 0.6) is 17.2 Å². The highest BCUT2D eigenvalue weighted by Gasteiger charge is 2.14. The van der Waals surface area contributed by atoms with Crippen molar-refractivity contribution >= 4 is 27.7 Å². The molecule has 156 valence electrons. The first-order valence-electron chi connectivity index (χ1n) is 8.68. The second kappa shape index (κ2) is 10.7. The Hall–Kier alpha value is -2.81. The SMILES string of the molecule is COc1cc(CNC(=O)CCNC(=O)c2cc(F)ccc2Br)cc(OC)c1OC. The topological polar surface area (TPSA) is 85.9 Å². The Morgan fingerprint density at radius 2 is 1.66 bits per heavy atom. The zero-order valence-electron chi connectivity index (χ0n) is 16.3. The summed E-state index contributed by atoms with van der Waals surface area (Å²) < 4.78 is 29.6. The van der Waals surface area contributed by atoms with E-state index in [1.165, 1.54) is 33.5 Å². The first-order chi connectivity index (χ1) is 13.9. The van der Waals surface area contributed by atoms with E-state index in [1.54, 1.807) is 12.1 Å². The van der Waals surface area contributed by atoms with Gasteiger partial charge in [0.2, 0.25) is 11.7 Å². The lowest BCUT2D eigenvalue weighted by atomic mass is 10.1. The van der Waals surface area contributed by atoms with E-state index in [4.69, 9.17) is 14.2 Å². The van der Waals surface area contributed by atoms with Crippen LogP contribution in [0.3, 0.4) is 0 Å². The van der Waals surface area contributed by atoms with Crippen LogP contribution in [-0.2, 0) is 11.3 Å². The first-order valence-corrected chi connectivity index (χ1v) is 9.47. The Bertz CT molecular complexity index is 866. The second-order valence-electron chi connectivity index (χ2n) is 5.94. The minimum absolute atomic E-state index is 0.0725. The van der Waals surface area contributed by atoms with Crippen molar-refractivity contribution in [2.75, 3.05) is 27.9 Å². The summed E-state index contributed by atoms with van der Waals surface area (Å²) in [6.07, 6.45) is 0.0725. The second-order valence-corrected chi connectivity index (χ2v) is 6.79. The number of hydrogen-bond donors (Lipinski definition) is 2. The molecule has 0 bridgehead atoms. The minimum atomic E-state index is -0.513. The van der Waals surface area contributed by atoms with E-state index in [-0.39, 0.29) is 31.0 Å². The first kappa shape index (κ1) is 22.5. The number of ether oxygens (including phenoxy) is 3. The summed E-state index contributed by atoms with van der Waals surface area (Å²) in [5, 5.41) is 5.36. The third-order valence-electron chi connectivity index (χ3n) is 4.02. The van der Waals surface area contributed by atoms with Gasteiger partial charge in [0.25, 0.3) is 5.91 Å². The number of carbonyl (C=O) groups excluding carboxylic acids is 2. The van der Waals surface area contributed by atoms with Crippen LogP contribution in [0, 0.1) is 5.82 Å². The van der Waals surface area contributed by atoms with Gasteiger partial charge in [0.1, 0.15) is 5.82 Å². The number of benzene rings is 2. The molecule has 7 nitrogen and oxygen atoms in total. The third kappa shape index (κ3) is 6.08. The molecule has 0 aliphatic rings. The van der Waals surface area contributed by atoms with Gasteiger partial charge >= 0.3 is 0 Å². The minimum Gasteiger partial charge on any atom is -0.493 e. The fourth-order valence-electron chi connectivity index (χ4n) is 2.58. The molecule has 0 spiro atoms. The maximum absolute atomic E-state index is 13.3. The average molecular weight is 469 g/mol. The molecule has 0 atom stereocenters. The molecule has 2 aromatic rings. The zero-order chi connectivity index (χ0) is 21.4. The molecule has 9 heteroatoms. The number of carbonyl (C=O) groups is 2. The van der Waals surface area contributed by atoms with Gasteiger partial charge in [-0.05, 0) is 51.8 Å². The fourth-order valence-corrected chi connectivity index (χ4v) is 3.01. The van der Waals surface area contributed by atoms with Crippen LogP contribution in [0.2, 0.25) is 0 Å². The summed E-state index contributed by atoms with van der Waals surface area (Å²) in [7, 11) is 4.54. The van der Waals surface area contributed by atoms with Crippen LogP contribution in [-0.4, -0.2) is 39.7 Å². The van der Waals surface area contributed by atoms with Crippen molar-refractivity contribution < 1.29 is 28.2 Å². The Kier molecular flexibility index (Phi) is 8.26. The summed E-state index contributed by atoms with van der Waals surface area (Å²) >= 11 is 3.20. The van der Waals surface area contributed by atoms with Crippen molar-refractivity contribution in [2.45, 2.75) is 13.0 Å². The molecule has 0 heterocycles. The van der Waals surface area contributed by atoms with Crippen molar-refractivity contribution in [1.29, 1.82) is 0 Å². The summed E-state index contributed by atoms with van der Waals surface area (Å²) in [6, 6.07) is 7.31. The highest BCUT2D eigenvalue weighted by atomic mass is 79.9. The maximum Gasteiger partial charge on any atom is 0.252 e. The standard InChI is InChI=1S/C20H22BrFN2O5/c1-27-16-8-12(9-17(28-2)19(16)29-3)11-24-18(25)6-7-23-20(26)14-10-13(22)4-5-15(14)21/h4-5,8-10H,6-7,11H2,1-3H3,(H,23,26)(H,24,25). The Balaban J connectivity index is 1.87. The van der Waals surface area contributed by atoms with Gasteiger partial charge in [0.15, 0.2) is 11.5 Å². The molecule has 29 heavy (non-hydrogen) atoms. The van der Waals surface area contributed by atoms with Crippen molar-refractivity contribution in [3.05, 3.63) is 51.7 Å². The molecule has 2 aromatic carbocycles. The lowest BCUT2D eigenvalue weighted by Gasteiger charge is -2.14. The van der Waals surface area contributed by atoms with Gasteiger partial charge in [-0.1, -0.05) is 0 Å². The molecule has 0 aliphatic heterocycles. The molecule has 0 fully saturated rings. The van der Waals surface area contributed by atoms with Gasteiger partial charge in [-0.2, -0.15) is 0 Å². The average Bonchev–Trinajstić information content (AvgIpc) is 2.72. The monoisotopic (exact) mass is 468 g/mol. The largest absolute Gasteiger partial charge is 0.493 e. The summed E-state index contributed by atoms with van der Waals surface area (Å²) in [5.41, 5.74) is 0.934. The highest BCUT2D eigenvalue weighted by molar-refractivity contribution is 9.10. The highest BCUT2D eigenvalue weighted by Crippen LogP contribution is 2.38. The number of hydrogen-bond acceptors (Lipinski definition) is 5. The molecule has 0 saturated heterocycles. The van der Waals surface area contributed by atoms with Crippen molar-refractivity contribution in [2.24, 2.45) is 0 Å². The fraction of sp³-hybridized carbons (Fsp3) is 0.300. The Morgan fingerprint density at radius 3 is 2.24 bits per heavy atom. The summed E-state index contributed by atoms with van der Waals surface area (Å²) in [6.45, 7) is 0.363. The van der Waals surface area contributed by atoms with Gasteiger partial charge in [-0.25, -0.2) is 4.39 Å². The van der Waals surface area contributed by atoms with Gasteiger partial charge in [-0.15, -0.1) is 0 Å². The van der Waals surface area contributed by atoms with Crippen LogP contribution in [0.15, 0.2) is 34.8 Å². The van der Waals surface area contributed by atoms with Gasteiger partial charge < -0.3 is 24.8 Å². The number of halogens is 2. The van der Waals surface area contributed by atoms with E-state index >= 15 is 0 Å². The number of nitrogens with one attached hydrogen (secondary N) is 2. The lowest BCUT2D eigenvalue weighted by Crippen LogP contribution is -2.30. The quantitative estimate of drug-likeness (QED) is 0.590. The van der Waals surface area contributed by atoms with E-state index in [1.807, 2.05) is 0 Å². The molecule has 0 saturated carbocycles. The van der Waals surface area contributed by atoms with Crippen molar-refractivity contribution in [3.8, 4) is 17.2 Å². The van der Waals surface area contributed by atoms with Crippen LogP contribution in [0.1, 0.15) is 22.3 Å². The van der Waals surface area contributed by atoms with Crippen LogP contribution < -0.4 is 24.8 Å². The van der Waals surface area contributed by atoms with Gasteiger partial charge in [-0.3, -0.25) is 9.59 Å². The predicted octanol–water partition coefficient (Wildman–Crippen LogP) is 3.05. The van der Waals surface area contributed by atoms with E-state index in [0.717, 1.165) is 11.6 Å². The molecule has 0 radical (unpaired) electrons. The summed E-state index contributed by atoms with van der Waals surface area (Å²) in [5.74, 6) is 0.219. The smallest absolute Gasteiger partial charge is 0.252 e. The van der Waals surface area contributed by atoms with Crippen LogP contribution in [0.25, 0.3) is 0 Å². The maximum atomic E-state index is 13.3. The molecular weight excluding hydrogens is 447 g/mol. The molecule has 0 aliphatic carbocycles. The molecule has 0 unspecified atom stereocenters. The van der Waals surface area contributed by atoms with Crippen LogP contribution >= 0.6 is 15.9 Å². The Morgan fingerprint density at radius 1 is 1.00 bits per heavy atom. The van der Waals surface area contributed by atoms with E-state index < -0.39 is 11.7 Å². The number of rotatable bonds is 9. The lowest BCUT2D eigenvalue weighted by molar-refractivity contribution is -0.121. The Labute approximate surface area is 176 Å². The van der Waals surface area contributed by atoms with E-state index in [9.17, 15) is 14.0 Å². The van der Waals surface area contributed by atoms with Crippen LogP contribution in [0.4, 0.5) is 4.39 Å². The van der Waals surface area contributed by atoms with Crippen molar-refractivity contribution in [3.63, 3.8) is 0 Å². The van der Waals surface area contributed by atoms with E-state index in [2.05, 4.69) is 26.6 Å². The van der Waals surface area contributed by atoms with Gasteiger partial charge in [0.05, 0.1) is 26.9 Å². The normalized spacial score (nSPS) is 10.2. The number of methoxy groups -OCH3 is 3. The zero-order valence-corrected chi connectivity index (χ0v) is 17.9. The van der Waals surface area contributed by atoms with Gasteiger partial charge in [0, 0.05) is 24.0 Å². The third-order valence-corrected chi connectivity index (χ3v) is 4.72. The molecule has 2 N–H and O–H groups in total. The predicted molar refractivity (Wildman–Crippen MR) is 109 cm³/mol. The van der Waals surface area contributed by atoms with Crippen molar-refractivity contribution in [1.82, 2.24) is 10.6 Å². The molecule has 0 aromatic heterocycles. The number of amides is 2. The molecule has 2 amide bonds. The summed E-state index contributed by atoms with van der Waals surface area (Å²) in [4.78, 5) is 24.2. The molecule has 2 rings (SSSR count). The molecular formula is C20H22BrFN2O5.